The van der Waals surface area contributed by atoms with Crippen molar-refractivity contribution in [3.05, 3.63) is 0 Å². The average molecular weight is 126 g/mol. The highest BCUT2D eigenvalue weighted by Gasteiger charge is 2.21. The summed E-state index contributed by atoms with van der Waals surface area (Å²) in [5, 5.41) is 0. The van der Waals surface area contributed by atoms with Crippen molar-refractivity contribution in [1.82, 2.24) is 0 Å². The first-order valence-electron chi connectivity index (χ1n) is 3.45. The second kappa shape index (κ2) is 2.87. The van der Waals surface area contributed by atoms with Crippen molar-refractivity contribution in [2.45, 2.75) is 31.9 Å². The minimum absolute atomic E-state index is 0.0845. The fourth-order valence-corrected chi connectivity index (χ4v) is 1.27. The zero-order valence-corrected chi connectivity index (χ0v) is 5.44. The van der Waals surface area contributed by atoms with E-state index in [9.17, 15) is 4.39 Å². The Hall–Kier alpha value is -0.510. The predicted molar refractivity (Wildman–Crippen MR) is 35.7 cm³/mol. The topological polar surface area (TPSA) is 0 Å². The molecule has 0 aromatic carbocycles. The third-order valence-electron chi connectivity index (χ3n) is 1.90. The van der Waals surface area contributed by atoms with Gasteiger partial charge in [-0.15, -0.1) is 12.3 Å². The van der Waals surface area contributed by atoms with Crippen LogP contribution in [0.2, 0.25) is 0 Å². The van der Waals surface area contributed by atoms with Crippen LogP contribution in [0.3, 0.4) is 0 Å². The van der Waals surface area contributed by atoms with Gasteiger partial charge >= 0.3 is 0 Å². The summed E-state index contributed by atoms with van der Waals surface area (Å²) in [6.07, 6.45) is 8.07. The average Bonchev–Trinajstić information content (AvgIpc) is 1.89. The maximum atomic E-state index is 12.7. The number of terminal acetylenes is 1. The van der Waals surface area contributed by atoms with E-state index in [0.717, 1.165) is 19.3 Å². The maximum absolute atomic E-state index is 12.7. The minimum atomic E-state index is -0.719. The quantitative estimate of drug-likeness (QED) is 0.436. The van der Waals surface area contributed by atoms with Crippen LogP contribution < -0.4 is 0 Å². The van der Waals surface area contributed by atoms with E-state index in [1.807, 2.05) is 0 Å². The summed E-state index contributed by atoms with van der Waals surface area (Å²) in [5.74, 6) is 2.39. The number of halogens is 1. The van der Waals surface area contributed by atoms with Gasteiger partial charge in [-0.25, -0.2) is 4.39 Å². The molecule has 0 aromatic heterocycles. The SMILES string of the molecule is C#CC1CCCCC1F. The van der Waals surface area contributed by atoms with Crippen molar-refractivity contribution in [3.63, 3.8) is 0 Å². The summed E-state index contributed by atoms with van der Waals surface area (Å²) in [5.41, 5.74) is 0. The molecule has 1 heteroatoms. The van der Waals surface area contributed by atoms with Crippen LogP contribution in [0.15, 0.2) is 0 Å². The van der Waals surface area contributed by atoms with Gasteiger partial charge in [-0.3, -0.25) is 0 Å². The Morgan fingerprint density at radius 2 is 2.00 bits per heavy atom. The van der Waals surface area contributed by atoms with Gasteiger partial charge in [0.2, 0.25) is 0 Å². The van der Waals surface area contributed by atoms with Gasteiger partial charge in [0, 0.05) is 0 Å². The fraction of sp³-hybridized carbons (Fsp3) is 0.750. The molecular weight excluding hydrogens is 115 g/mol. The number of hydrogen-bond acceptors (Lipinski definition) is 0. The van der Waals surface area contributed by atoms with Crippen LogP contribution in [0.5, 0.6) is 0 Å². The normalized spacial score (nSPS) is 35.6. The summed E-state index contributed by atoms with van der Waals surface area (Å²) < 4.78 is 12.7. The Morgan fingerprint density at radius 1 is 1.33 bits per heavy atom. The van der Waals surface area contributed by atoms with Crippen molar-refractivity contribution in [3.8, 4) is 12.3 Å². The van der Waals surface area contributed by atoms with E-state index in [0.29, 0.717) is 6.42 Å². The highest BCUT2D eigenvalue weighted by Crippen LogP contribution is 2.25. The van der Waals surface area contributed by atoms with Crippen LogP contribution in [0, 0.1) is 18.3 Å². The van der Waals surface area contributed by atoms with Gasteiger partial charge in [0.1, 0.15) is 6.17 Å². The Labute approximate surface area is 55.5 Å². The summed E-state index contributed by atoms with van der Waals surface area (Å²) in [6.45, 7) is 0. The number of rotatable bonds is 0. The van der Waals surface area contributed by atoms with Gasteiger partial charge in [-0.2, -0.15) is 0 Å². The smallest absolute Gasteiger partial charge is 0.114 e. The molecule has 9 heavy (non-hydrogen) atoms. The summed E-state index contributed by atoms with van der Waals surface area (Å²) in [6, 6.07) is 0. The summed E-state index contributed by atoms with van der Waals surface area (Å²) >= 11 is 0. The predicted octanol–water partition coefficient (Wildman–Crippen LogP) is 2.15. The largest absolute Gasteiger partial charge is 0.246 e. The molecule has 0 nitrogen and oxygen atoms in total. The number of alkyl halides is 1. The van der Waals surface area contributed by atoms with Gasteiger partial charge in [0.25, 0.3) is 0 Å². The summed E-state index contributed by atoms with van der Waals surface area (Å²) in [4.78, 5) is 0. The lowest BCUT2D eigenvalue weighted by Crippen LogP contribution is -2.18. The van der Waals surface area contributed by atoms with Gasteiger partial charge in [0.05, 0.1) is 5.92 Å². The molecule has 0 aliphatic heterocycles. The van der Waals surface area contributed by atoms with Crippen molar-refractivity contribution in [1.29, 1.82) is 0 Å². The van der Waals surface area contributed by atoms with Gasteiger partial charge in [0.15, 0.2) is 0 Å². The van der Waals surface area contributed by atoms with Crippen molar-refractivity contribution in [2.24, 2.45) is 5.92 Å². The molecule has 1 aliphatic rings. The zero-order chi connectivity index (χ0) is 6.69. The molecule has 1 aliphatic carbocycles. The van der Waals surface area contributed by atoms with E-state index < -0.39 is 6.17 Å². The van der Waals surface area contributed by atoms with Gasteiger partial charge in [-0.05, 0) is 12.8 Å². The first-order chi connectivity index (χ1) is 4.34. The molecule has 2 atom stereocenters. The monoisotopic (exact) mass is 126 g/mol. The van der Waals surface area contributed by atoms with Crippen LogP contribution in [0.4, 0.5) is 4.39 Å². The van der Waals surface area contributed by atoms with Gasteiger partial charge in [-0.1, -0.05) is 12.8 Å². The van der Waals surface area contributed by atoms with Crippen LogP contribution in [-0.4, -0.2) is 6.17 Å². The van der Waals surface area contributed by atoms with Crippen LogP contribution in [-0.2, 0) is 0 Å². The van der Waals surface area contributed by atoms with E-state index in [4.69, 9.17) is 6.42 Å². The van der Waals surface area contributed by atoms with Crippen molar-refractivity contribution < 1.29 is 4.39 Å². The lowest BCUT2D eigenvalue weighted by molar-refractivity contribution is 0.205. The molecule has 1 fully saturated rings. The first kappa shape index (κ1) is 6.61. The number of hydrogen-bond donors (Lipinski definition) is 0. The first-order valence-corrected chi connectivity index (χ1v) is 3.45. The lowest BCUT2D eigenvalue weighted by Gasteiger charge is -2.20. The minimum Gasteiger partial charge on any atom is -0.246 e. The second-order valence-corrected chi connectivity index (χ2v) is 2.57. The van der Waals surface area contributed by atoms with E-state index >= 15 is 0 Å². The van der Waals surface area contributed by atoms with Crippen molar-refractivity contribution >= 4 is 0 Å². The third kappa shape index (κ3) is 1.45. The van der Waals surface area contributed by atoms with E-state index in [1.165, 1.54) is 0 Å². The molecule has 50 valence electrons. The second-order valence-electron chi connectivity index (χ2n) is 2.57. The molecule has 2 unspecified atom stereocenters. The highest BCUT2D eigenvalue weighted by molar-refractivity contribution is 4.98. The zero-order valence-electron chi connectivity index (χ0n) is 5.44. The molecule has 0 N–H and O–H groups in total. The molecule has 0 aromatic rings. The molecule has 1 saturated carbocycles. The maximum Gasteiger partial charge on any atom is 0.114 e. The van der Waals surface area contributed by atoms with E-state index in [2.05, 4.69) is 5.92 Å². The Bertz CT molecular complexity index is 123. The Morgan fingerprint density at radius 3 is 2.44 bits per heavy atom. The molecule has 0 radical (unpaired) electrons. The molecule has 0 amide bonds. The van der Waals surface area contributed by atoms with E-state index in [1.54, 1.807) is 0 Å². The molecule has 0 spiro atoms. The lowest BCUT2D eigenvalue weighted by atomic mass is 9.88. The third-order valence-corrected chi connectivity index (χ3v) is 1.90. The van der Waals surface area contributed by atoms with Crippen LogP contribution in [0.1, 0.15) is 25.7 Å². The van der Waals surface area contributed by atoms with Crippen molar-refractivity contribution in [2.75, 3.05) is 0 Å². The van der Waals surface area contributed by atoms with Crippen LogP contribution in [0.25, 0.3) is 0 Å². The van der Waals surface area contributed by atoms with Crippen LogP contribution >= 0.6 is 0 Å². The molecule has 0 bridgehead atoms. The molecule has 1 rings (SSSR count). The molecule has 0 heterocycles. The Balaban J connectivity index is 2.41. The fourth-order valence-electron chi connectivity index (χ4n) is 1.27. The molecular formula is C8H11F. The van der Waals surface area contributed by atoms with Gasteiger partial charge < -0.3 is 0 Å². The standard InChI is InChI=1S/C8H11F/c1-2-7-5-3-4-6-8(7)9/h1,7-8H,3-6H2. The highest BCUT2D eigenvalue weighted by atomic mass is 19.1. The van der Waals surface area contributed by atoms with E-state index in [-0.39, 0.29) is 5.92 Å². The Kier molecular flexibility index (Phi) is 2.10. The molecule has 0 saturated heterocycles. The summed E-state index contributed by atoms with van der Waals surface area (Å²) in [7, 11) is 0.